The zero-order valence-electron chi connectivity index (χ0n) is 13.1. The van der Waals surface area contributed by atoms with E-state index < -0.39 is 5.41 Å². The largest absolute Gasteiger partial charge is 0.325 e. The Labute approximate surface area is 142 Å². The van der Waals surface area contributed by atoms with Gasteiger partial charge in [-0.05, 0) is 37.6 Å². The van der Waals surface area contributed by atoms with Gasteiger partial charge in [0, 0.05) is 16.8 Å². The fourth-order valence-electron chi connectivity index (χ4n) is 3.61. The predicted molar refractivity (Wildman–Crippen MR) is 89.5 cm³/mol. The Hall–Kier alpha value is -2.54. The van der Waals surface area contributed by atoms with Crippen LogP contribution in [0.5, 0.6) is 0 Å². The Morgan fingerprint density at radius 1 is 1.21 bits per heavy atom. The van der Waals surface area contributed by atoms with Crippen LogP contribution in [0, 0.1) is 0 Å². The van der Waals surface area contributed by atoms with Gasteiger partial charge in [-0.25, -0.2) is 0 Å². The van der Waals surface area contributed by atoms with Gasteiger partial charge in [0.15, 0.2) is 0 Å². The molecule has 0 fully saturated rings. The van der Waals surface area contributed by atoms with Gasteiger partial charge in [-0.15, -0.1) is 0 Å². The number of carbonyl (C=O) groups is 2. The van der Waals surface area contributed by atoms with Crippen molar-refractivity contribution in [3.05, 3.63) is 44.7 Å². The highest BCUT2D eigenvalue weighted by atomic mass is 35.5. The van der Waals surface area contributed by atoms with Gasteiger partial charge in [-0.2, -0.15) is 0 Å². The summed E-state index contributed by atoms with van der Waals surface area (Å²) in [6.45, 7) is 3.76. The molecule has 3 heterocycles. The van der Waals surface area contributed by atoms with Crippen LogP contribution in [0.15, 0.2) is 23.0 Å². The van der Waals surface area contributed by atoms with Gasteiger partial charge in [0.1, 0.15) is 11.2 Å². The maximum atomic E-state index is 12.9. The molecule has 0 saturated heterocycles. The molecular weight excluding hydrogens is 332 g/mol. The molecule has 24 heavy (non-hydrogen) atoms. The number of anilines is 2. The molecule has 2 aliphatic heterocycles. The summed E-state index contributed by atoms with van der Waals surface area (Å²) in [5.41, 5.74) is -0.355. The Balaban J connectivity index is 2.09. The van der Waals surface area contributed by atoms with Crippen molar-refractivity contribution in [3.63, 3.8) is 0 Å². The first kappa shape index (κ1) is 15.0. The van der Waals surface area contributed by atoms with Crippen molar-refractivity contribution in [1.82, 2.24) is 9.78 Å². The Bertz CT molecular complexity index is 959. The third-order valence-corrected chi connectivity index (χ3v) is 4.87. The third-order valence-electron chi connectivity index (χ3n) is 4.63. The van der Waals surface area contributed by atoms with E-state index in [1.165, 1.54) is 0 Å². The number of benzene rings is 1. The summed E-state index contributed by atoms with van der Waals surface area (Å²) in [7, 11) is 0. The van der Waals surface area contributed by atoms with E-state index in [2.05, 4.69) is 15.7 Å². The second-order valence-corrected chi connectivity index (χ2v) is 6.84. The lowest BCUT2D eigenvalue weighted by atomic mass is 9.71. The van der Waals surface area contributed by atoms with Gasteiger partial charge in [0.25, 0.3) is 5.56 Å². The number of hydrogen-bond acceptors (Lipinski definition) is 3. The molecule has 124 valence electrons. The van der Waals surface area contributed by atoms with Crippen LogP contribution in [0.4, 0.5) is 11.5 Å². The number of halogens is 1. The molecule has 1 unspecified atom stereocenters. The quantitative estimate of drug-likeness (QED) is 0.736. The number of aromatic nitrogens is 2. The van der Waals surface area contributed by atoms with Crippen LogP contribution in [-0.4, -0.2) is 21.6 Å². The molecule has 8 heteroatoms. The molecule has 4 rings (SSSR count). The van der Waals surface area contributed by atoms with Gasteiger partial charge >= 0.3 is 0 Å². The van der Waals surface area contributed by atoms with E-state index in [0.29, 0.717) is 22.1 Å². The number of aromatic amines is 1. The predicted octanol–water partition coefficient (Wildman–Crippen LogP) is 1.99. The van der Waals surface area contributed by atoms with Gasteiger partial charge in [0.2, 0.25) is 11.8 Å². The Morgan fingerprint density at radius 2 is 1.96 bits per heavy atom. The van der Waals surface area contributed by atoms with Gasteiger partial charge < -0.3 is 10.6 Å². The van der Waals surface area contributed by atoms with Crippen LogP contribution in [0.2, 0.25) is 5.02 Å². The monoisotopic (exact) mass is 346 g/mol. The molecule has 1 aromatic carbocycles. The number of amides is 2. The zero-order valence-corrected chi connectivity index (χ0v) is 13.8. The highest BCUT2D eigenvalue weighted by Crippen LogP contribution is 2.49. The zero-order chi connectivity index (χ0) is 17.2. The first-order valence-electron chi connectivity index (χ1n) is 7.61. The van der Waals surface area contributed by atoms with Crippen LogP contribution in [0.3, 0.4) is 0 Å². The van der Waals surface area contributed by atoms with E-state index in [9.17, 15) is 14.4 Å². The highest BCUT2D eigenvalue weighted by Gasteiger charge is 2.55. The van der Waals surface area contributed by atoms with E-state index in [4.69, 9.17) is 11.6 Å². The lowest BCUT2D eigenvalue weighted by Gasteiger charge is -2.31. The summed E-state index contributed by atoms with van der Waals surface area (Å²) < 4.78 is 1.58. The second-order valence-electron chi connectivity index (χ2n) is 6.40. The standard InChI is InChI=1S/C16H15ClN4O3/c1-7(2)21-13-12(14(23)20-21)16(6-11(22)19-13)9-5-8(17)3-4-10(9)18-15(16)24/h3-5,7H,6H2,1-2H3,(H,18,24)(H,19,22)(H,20,23). The van der Waals surface area contributed by atoms with E-state index in [0.717, 1.165) is 0 Å². The number of H-pyrrole nitrogens is 1. The topological polar surface area (TPSA) is 96.0 Å². The number of carbonyl (C=O) groups excluding carboxylic acids is 2. The van der Waals surface area contributed by atoms with Gasteiger partial charge in [-0.3, -0.25) is 24.2 Å². The minimum atomic E-state index is -1.36. The van der Waals surface area contributed by atoms with Crippen molar-refractivity contribution in [2.75, 3.05) is 10.6 Å². The summed E-state index contributed by atoms with van der Waals surface area (Å²) in [5.74, 6) is -0.365. The van der Waals surface area contributed by atoms with Crippen LogP contribution in [0.25, 0.3) is 0 Å². The molecule has 0 saturated carbocycles. The van der Waals surface area contributed by atoms with Crippen molar-refractivity contribution in [1.29, 1.82) is 0 Å². The maximum Gasteiger partial charge on any atom is 0.270 e. The average Bonchev–Trinajstić information content (AvgIpc) is 2.97. The SMILES string of the molecule is CC(C)n1[nH]c(=O)c2c1NC(=O)CC21C(=O)Nc2ccc(Cl)cc21. The lowest BCUT2D eigenvalue weighted by Crippen LogP contribution is -2.46. The molecule has 1 atom stereocenters. The van der Waals surface area contributed by atoms with E-state index in [1.54, 1.807) is 22.9 Å². The van der Waals surface area contributed by atoms with Crippen molar-refractivity contribution < 1.29 is 9.59 Å². The molecule has 2 aliphatic rings. The average molecular weight is 347 g/mol. The summed E-state index contributed by atoms with van der Waals surface area (Å²) >= 11 is 6.10. The van der Waals surface area contributed by atoms with Crippen molar-refractivity contribution in [2.24, 2.45) is 0 Å². The first-order valence-corrected chi connectivity index (χ1v) is 7.98. The Kier molecular flexibility index (Phi) is 2.96. The third kappa shape index (κ3) is 1.76. The lowest BCUT2D eigenvalue weighted by molar-refractivity contribution is -0.125. The normalized spacial score (nSPS) is 21.7. The molecule has 0 bridgehead atoms. The first-order chi connectivity index (χ1) is 11.3. The minimum absolute atomic E-state index is 0.0832. The van der Waals surface area contributed by atoms with E-state index in [-0.39, 0.29) is 35.4 Å². The number of nitrogens with one attached hydrogen (secondary N) is 3. The number of fused-ring (bicyclic) bond motifs is 4. The van der Waals surface area contributed by atoms with Crippen LogP contribution >= 0.6 is 11.6 Å². The molecule has 2 aromatic rings. The van der Waals surface area contributed by atoms with Crippen molar-refractivity contribution in [2.45, 2.75) is 31.7 Å². The van der Waals surface area contributed by atoms with Gasteiger partial charge in [-0.1, -0.05) is 11.6 Å². The van der Waals surface area contributed by atoms with Crippen LogP contribution in [0.1, 0.15) is 37.4 Å². The molecule has 7 nitrogen and oxygen atoms in total. The maximum absolute atomic E-state index is 12.9. The smallest absolute Gasteiger partial charge is 0.270 e. The molecule has 0 aliphatic carbocycles. The minimum Gasteiger partial charge on any atom is -0.325 e. The van der Waals surface area contributed by atoms with Crippen LogP contribution in [-0.2, 0) is 15.0 Å². The van der Waals surface area contributed by atoms with Crippen molar-refractivity contribution >= 4 is 34.9 Å². The fraction of sp³-hybridized carbons (Fsp3) is 0.312. The van der Waals surface area contributed by atoms with E-state index in [1.807, 2.05) is 13.8 Å². The van der Waals surface area contributed by atoms with Crippen molar-refractivity contribution in [3.8, 4) is 0 Å². The summed E-state index contributed by atoms with van der Waals surface area (Å²) in [5, 5.41) is 8.67. The number of hydrogen-bond donors (Lipinski definition) is 3. The molecule has 0 radical (unpaired) electrons. The second kappa shape index (κ2) is 4.73. The highest BCUT2D eigenvalue weighted by molar-refractivity contribution is 6.31. The van der Waals surface area contributed by atoms with Gasteiger partial charge in [0.05, 0.1) is 12.0 Å². The fourth-order valence-corrected chi connectivity index (χ4v) is 3.79. The summed E-state index contributed by atoms with van der Waals surface area (Å²) in [4.78, 5) is 37.9. The molecule has 3 N–H and O–H groups in total. The molecule has 2 amide bonds. The van der Waals surface area contributed by atoms with E-state index >= 15 is 0 Å². The van der Waals surface area contributed by atoms with Crippen LogP contribution < -0.4 is 16.2 Å². The molecule has 1 aromatic heterocycles. The number of rotatable bonds is 1. The number of nitrogens with zero attached hydrogens (tertiary/aromatic N) is 1. The summed E-state index contributed by atoms with van der Waals surface area (Å²) in [6.07, 6.45) is -0.135. The molecular formula is C16H15ClN4O3. The molecule has 1 spiro atoms. The Morgan fingerprint density at radius 3 is 2.67 bits per heavy atom. The summed E-state index contributed by atoms with van der Waals surface area (Å²) in [6, 6.07) is 4.90.